The Balaban J connectivity index is 1.87. The Labute approximate surface area is 135 Å². The molecule has 2 aromatic carbocycles. The molecule has 0 spiro atoms. The van der Waals surface area contributed by atoms with Gasteiger partial charge in [0.15, 0.2) is 0 Å². The molecule has 122 valence electrons. The van der Waals surface area contributed by atoms with Crippen molar-refractivity contribution >= 4 is 5.91 Å². The number of hydrogen-bond donors (Lipinski definition) is 1. The molecule has 0 unspecified atom stereocenters. The van der Waals surface area contributed by atoms with Gasteiger partial charge < -0.3 is 14.8 Å². The van der Waals surface area contributed by atoms with Crippen LogP contribution in [-0.2, 0) is 17.8 Å². The Kier molecular flexibility index (Phi) is 5.97. The Bertz CT molecular complexity index is 656. The molecule has 23 heavy (non-hydrogen) atoms. The summed E-state index contributed by atoms with van der Waals surface area (Å²) in [6, 6.07) is 11.6. The third kappa shape index (κ3) is 4.98. The molecule has 0 saturated carbocycles. The number of halogens is 1. The van der Waals surface area contributed by atoms with E-state index in [0.717, 1.165) is 22.6 Å². The van der Waals surface area contributed by atoms with Crippen LogP contribution in [0.2, 0.25) is 0 Å². The highest BCUT2D eigenvalue weighted by molar-refractivity contribution is 5.76. The number of carbonyl (C=O) groups excluding carboxylic acids is 1. The molecule has 0 saturated heterocycles. The fourth-order valence-corrected chi connectivity index (χ4v) is 2.22. The second-order valence-electron chi connectivity index (χ2n) is 5.08. The van der Waals surface area contributed by atoms with Crippen molar-refractivity contribution < 1.29 is 18.7 Å². The van der Waals surface area contributed by atoms with E-state index in [1.807, 2.05) is 18.2 Å². The summed E-state index contributed by atoms with van der Waals surface area (Å²) in [6.45, 7) is 0.383. The minimum absolute atomic E-state index is 0.0702. The van der Waals surface area contributed by atoms with Crippen LogP contribution >= 0.6 is 0 Å². The van der Waals surface area contributed by atoms with Gasteiger partial charge in [-0.2, -0.15) is 0 Å². The zero-order chi connectivity index (χ0) is 16.7. The van der Waals surface area contributed by atoms with Crippen molar-refractivity contribution in [3.8, 4) is 11.5 Å². The highest BCUT2D eigenvalue weighted by Crippen LogP contribution is 2.25. The van der Waals surface area contributed by atoms with Crippen molar-refractivity contribution in [3.05, 3.63) is 59.4 Å². The van der Waals surface area contributed by atoms with E-state index in [-0.39, 0.29) is 11.7 Å². The third-order valence-electron chi connectivity index (χ3n) is 3.51. The van der Waals surface area contributed by atoms with Crippen LogP contribution in [0.4, 0.5) is 4.39 Å². The van der Waals surface area contributed by atoms with Crippen molar-refractivity contribution in [2.75, 3.05) is 14.2 Å². The van der Waals surface area contributed by atoms with E-state index >= 15 is 0 Å². The predicted octanol–water partition coefficient (Wildman–Crippen LogP) is 3.09. The summed E-state index contributed by atoms with van der Waals surface area (Å²) >= 11 is 0. The maximum Gasteiger partial charge on any atom is 0.220 e. The number of aryl methyl sites for hydroxylation is 1. The summed E-state index contributed by atoms with van der Waals surface area (Å²) in [5.74, 6) is 1.11. The van der Waals surface area contributed by atoms with E-state index in [2.05, 4.69) is 5.32 Å². The molecule has 2 aromatic rings. The molecule has 0 aliphatic rings. The topological polar surface area (TPSA) is 47.6 Å². The van der Waals surface area contributed by atoms with Crippen molar-refractivity contribution in [2.45, 2.75) is 19.4 Å². The molecule has 0 atom stereocenters. The molecule has 0 aliphatic carbocycles. The Morgan fingerprint density at radius 3 is 2.48 bits per heavy atom. The van der Waals surface area contributed by atoms with Crippen LogP contribution in [0, 0.1) is 5.82 Å². The number of hydrogen-bond acceptors (Lipinski definition) is 3. The van der Waals surface area contributed by atoms with Gasteiger partial charge in [0, 0.05) is 13.0 Å². The molecular weight excluding hydrogens is 297 g/mol. The summed E-state index contributed by atoms with van der Waals surface area (Å²) in [5, 5.41) is 2.82. The number of carbonyl (C=O) groups is 1. The van der Waals surface area contributed by atoms with Gasteiger partial charge in [-0.3, -0.25) is 4.79 Å². The summed E-state index contributed by atoms with van der Waals surface area (Å²) < 4.78 is 23.3. The maximum atomic E-state index is 12.8. The highest BCUT2D eigenvalue weighted by atomic mass is 19.1. The van der Waals surface area contributed by atoms with E-state index in [0.29, 0.717) is 19.4 Å². The number of rotatable bonds is 7. The Morgan fingerprint density at radius 1 is 1.09 bits per heavy atom. The van der Waals surface area contributed by atoms with E-state index in [1.165, 1.54) is 12.1 Å². The summed E-state index contributed by atoms with van der Waals surface area (Å²) in [4.78, 5) is 12.0. The molecule has 2 rings (SSSR count). The van der Waals surface area contributed by atoms with Gasteiger partial charge in [0.1, 0.15) is 17.3 Å². The molecule has 0 aromatic heterocycles. The SMILES string of the molecule is COc1ccc(OC)c(CCC(=O)NCc2ccc(F)cc2)c1. The van der Waals surface area contributed by atoms with Crippen LogP contribution in [-0.4, -0.2) is 20.1 Å². The molecule has 0 bridgehead atoms. The minimum atomic E-state index is -0.287. The molecular formula is C18H20FNO3. The van der Waals surface area contributed by atoms with Crippen LogP contribution in [0.3, 0.4) is 0 Å². The largest absolute Gasteiger partial charge is 0.497 e. The van der Waals surface area contributed by atoms with Crippen molar-refractivity contribution in [1.29, 1.82) is 0 Å². The average molecular weight is 317 g/mol. The second-order valence-corrected chi connectivity index (χ2v) is 5.08. The maximum absolute atomic E-state index is 12.8. The smallest absolute Gasteiger partial charge is 0.220 e. The average Bonchev–Trinajstić information content (AvgIpc) is 2.59. The summed E-state index contributed by atoms with van der Waals surface area (Å²) in [6.07, 6.45) is 0.889. The zero-order valence-corrected chi connectivity index (χ0v) is 13.3. The lowest BCUT2D eigenvalue weighted by Gasteiger charge is -2.10. The van der Waals surface area contributed by atoms with Gasteiger partial charge in [0.2, 0.25) is 5.91 Å². The van der Waals surface area contributed by atoms with E-state index in [1.54, 1.807) is 26.4 Å². The van der Waals surface area contributed by atoms with Gasteiger partial charge in [-0.1, -0.05) is 12.1 Å². The normalized spacial score (nSPS) is 10.2. The molecule has 4 nitrogen and oxygen atoms in total. The standard InChI is InChI=1S/C18H20FNO3/c1-22-16-8-9-17(23-2)14(11-16)5-10-18(21)20-12-13-3-6-15(19)7-4-13/h3-4,6-9,11H,5,10,12H2,1-2H3,(H,20,21). The van der Waals surface area contributed by atoms with Crippen molar-refractivity contribution in [2.24, 2.45) is 0 Å². The fourth-order valence-electron chi connectivity index (χ4n) is 2.22. The van der Waals surface area contributed by atoms with Crippen molar-refractivity contribution in [1.82, 2.24) is 5.32 Å². The molecule has 0 fully saturated rings. The van der Waals surface area contributed by atoms with Gasteiger partial charge in [-0.15, -0.1) is 0 Å². The summed E-state index contributed by atoms with van der Waals surface area (Å²) in [7, 11) is 3.20. The first-order valence-electron chi connectivity index (χ1n) is 7.34. The first kappa shape index (κ1) is 16.8. The van der Waals surface area contributed by atoms with Crippen LogP contribution in [0.5, 0.6) is 11.5 Å². The van der Waals surface area contributed by atoms with Gasteiger partial charge in [0.05, 0.1) is 14.2 Å². The number of amides is 1. The predicted molar refractivity (Wildman–Crippen MR) is 86.1 cm³/mol. The lowest BCUT2D eigenvalue weighted by molar-refractivity contribution is -0.121. The number of ether oxygens (including phenoxy) is 2. The van der Waals surface area contributed by atoms with Crippen molar-refractivity contribution in [3.63, 3.8) is 0 Å². The zero-order valence-electron chi connectivity index (χ0n) is 13.3. The molecule has 0 aliphatic heterocycles. The van der Waals surface area contributed by atoms with Gasteiger partial charge in [0.25, 0.3) is 0 Å². The monoisotopic (exact) mass is 317 g/mol. The van der Waals surface area contributed by atoms with Crippen LogP contribution in [0.15, 0.2) is 42.5 Å². The van der Waals surface area contributed by atoms with Gasteiger partial charge in [-0.25, -0.2) is 4.39 Å². The van der Waals surface area contributed by atoms with Gasteiger partial charge in [-0.05, 0) is 47.9 Å². The fraction of sp³-hybridized carbons (Fsp3) is 0.278. The lowest BCUT2D eigenvalue weighted by atomic mass is 10.1. The van der Waals surface area contributed by atoms with Crippen LogP contribution in [0.1, 0.15) is 17.5 Å². The minimum Gasteiger partial charge on any atom is -0.497 e. The van der Waals surface area contributed by atoms with E-state index in [4.69, 9.17) is 9.47 Å². The number of nitrogens with one attached hydrogen (secondary N) is 1. The van der Waals surface area contributed by atoms with Crippen LogP contribution in [0.25, 0.3) is 0 Å². The van der Waals surface area contributed by atoms with Crippen LogP contribution < -0.4 is 14.8 Å². The molecule has 5 heteroatoms. The van der Waals surface area contributed by atoms with E-state index in [9.17, 15) is 9.18 Å². The van der Waals surface area contributed by atoms with E-state index < -0.39 is 0 Å². The number of benzene rings is 2. The highest BCUT2D eigenvalue weighted by Gasteiger charge is 2.08. The lowest BCUT2D eigenvalue weighted by Crippen LogP contribution is -2.23. The molecule has 0 radical (unpaired) electrons. The summed E-state index contributed by atoms with van der Waals surface area (Å²) in [5.41, 5.74) is 1.78. The molecule has 0 heterocycles. The second kappa shape index (κ2) is 8.17. The third-order valence-corrected chi connectivity index (χ3v) is 3.51. The first-order chi connectivity index (χ1) is 11.1. The molecule has 1 N–H and O–H groups in total. The first-order valence-corrected chi connectivity index (χ1v) is 7.34. The van der Waals surface area contributed by atoms with Gasteiger partial charge >= 0.3 is 0 Å². The quantitative estimate of drug-likeness (QED) is 0.853. The molecule has 1 amide bonds. The number of methoxy groups -OCH3 is 2. The Hall–Kier alpha value is -2.56. The Morgan fingerprint density at radius 2 is 1.83 bits per heavy atom.